The van der Waals surface area contributed by atoms with Crippen LogP contribution in [0.25, 0.3) is 0 Å². The van der Waals surface area contributed by atoms with E-state index in [0.717, 1.165) is 6.26 Å². The Morgan fingerprint density at radius 2 is 1.90 bits per heavy atom. The monoisotopic (exact) mass is 433 g/mol. The zero-order chi connectivity index (χ0) is 21.9. The number of rotatable bonds is 7. The summed E-state index contributed by atoms with van der Waals surface area (Å²) in [5, 5.41) is 14.4. The molecule has 2 aromatic carbocycles. The molecule has 1 amide bonds. The Hall–Kier alpha value is -3.27. The van der Waals surface area contributed by atoms with Gasteiger partial charge in [0.25, 0.3) is 0 Å². The number of carboxylic acids is 1. The van der Waals surface area contributed by atoms with Gasteiger partial charge in [0.15, 0.2) is 0 Å². The molecule has 10 heteroatoms. The second-order valence-corrected chi connectivity index (χ2v) is 8.65. The molecule has 2 N–H and O–H groups in total. The lowest BCUT2D eigenvalue weighted by Gasteiger charge is -2.21. The standard InChI is InChI=1S/C20H20FN3O5S/c1-30(28,29)23-16-7-5-13(6-8-16)17-12-18(14-3-2-4-15(21)11-14)24(22-17)19(25)9-10-20(26)27/h2-8,11,18,23H,9-10,12H2,1H3,(H,26,27)/t18-/m1/s1. The molecule has 30 heavy (non-hydrogen) atoms. The summed E-state index contributed by atoms with van der Waals surface area (Å²) in [6, 6.07) is 11.8. The number of hydrogen-bond donors (Lipinski definition) is 2. The number of nitrogens with one attached hydrogen (secondary N) is 1. The van der Waals surface area contributed by atoms with Crippen LogP contribution >= 0.6 is 0 Å². The normalized spacial score (nSPS) is 16.3. The van der Waals surface area contributed by atoms with Crippen molar-refractivity contribution in [3.05, 3.63) is 65.5 Å². The number of hydrogen-bond acceptors (Lipinski definition) is 5. The first-order chi connectivity index (χ1) is 14.1. The van der Waals surface area contributed by atoms with Crippen molar-refractivity contribution in [2.24, 2.45) is 5.10 Å². The first-order valence-corrected chi connectivity index (χ1v) is 11.0. The molecule has 0 aromatic heterocycles. The Morgan fingerprint density at radius 1 is 1.20 bits per heavy atom. The molecule has 1 atom stereocenters. The van der Waals surface area contributed by atoms with Crippen LogP contribution in [0.15, 0.2) is 53.6 Å². The average molecular weight is 433 g/mol. The largest absolute Gasteiger partial charge is 0.481 e. The molecular formula is C20H20FN3O5S. The van der Waals surface area contributed by atoms with Gasteiger partial charge in [-0.15, -0.1) is 0 Å². The third kappa shape index (κ3) is 5.41. The molecule has 0 radical (unpaired) electrons. The molecule has 0 bridgehead atoms. The van der Waals surface area contributed by atoms with Gasteiger partial charge in [-0.3, -0.25) is 14.3 Å². The maximum atomic E-state index is 13.7. The van der Waals surface area contributed by atoms with E-state index in [9.17, 15) is 22.4 Å². The van der Waals surface area contributed by atoms with E-state index in [1.165, 1.54) is 23.2 Å². The van der Waals surface area contributed by atoms with E-state index in [1.807, 2.05) is 0 Å². The van der Waals surface area contributed by atoms with Crippen LogP contribution in [0.2, 0.25) is 0 Å². The van der Waals surface area contributed by atoms with E-state index in [4.69, 9.17) is 5.11 Å². The van der Waals surface area contributed by atoms with Gasteiger partial charge in [0.2, 0.25) is 15.9 Å². The third-order valence-corrected chi connectivity index (χ3v) is 5.08. The minimum atomic E-state index is -3.41. The van der Waals surface area contributed by atoms with Crippen LogP contribution in [-0.2, 0) is 19.6 Å². The molecule has 0 fully saturated rings. The predicted molar refractivity (Wildman–Crippen MR) is 109 cm³/mol. The zero-order valence-corrected chi connectivity index (χ0v) is 16.9. The Bertz CT molecular complexity index is 1100. The van der Waals surface area contributed by atoms with E-state index in [0.29, 0.717) is 28.9 Å². The quantitative estimate of drug-likeness (QED) is 0.697. The summed E-state index contributed by atoms with van der Waals surface area (Å²) in [6.45, 7) is 0. The summed E-state index contributed by atoms with van der Waals surface area (Å²) in [7, 11) is -3.41. The molecule has 1 heterocycles. The highest BCUT2D eigenvalue weighted by molar-refractivity contribution is 7.92. The summed E-state index contributed by atoms with van der Waals surface area (Å²) in [5.41, 5.74) is 2.16. The number of amides is 1. The number of aliphatic carboxylic acids is 1. The first-order valence-electron chi connectivity index (χ1n) is 9.07. The van der Waals surface area contributed by atoms with Gasteiger partial charge in [0.1, 0.15) is 5.82 Å². The molecule has 0 aliphatic carbocycles. The second-order valence-electron chi connectivity index (χ2n) is 6.91. The van der Waals surface area contributed by atoms with Gasteiger partial charge in [-0.2, -0.15) is 5.10 Å². The van der Waals surface area contributed by atoms with Crippen molar-refractivity contribution >= 4 is 33.3 Å². The van der Waals surface area contributed by atoms with Crippen LogP contribution in [0, 0.1) is 5.82 Å². The zero-order valence-electron chi connectivity index (χ0n) is 16.1. The van der Waals surface area contributed by atoms with E-state index < -0.39 is 33.8 Å². The number of nitrogens with zero attached hydrogens (tertiary/aromatic N) is 2. The number of carbonyl (C=O) groups excluding carboxylic acids is 1. The highest BCUT2D eigenvalue weighted by atomic mass is 32.2. The number of sulfonamides is 1. The molecular weight excluding hydrogens is 413 g/mol. The van der Waals surface area contributed by atoms with E-state index in [1.54, 1.807) is 30.3 Å². The maximum absolute atomic E-state index is 13.7. The van der Waals surface area contributed by atoms with Crippen molar-refractivity contribution < 1.29 is 27.5 Å². The first kappa shape index (κ1) is 21.4. The lowest BCUT2D eigenvalue weighted by molar-refractivity contribution is -0.141. The second kappa shape index (κ2) is 8.62. The summed E-state index contributed by atoms with van der Waals surface area (Å²) in [4.78, 5) is 23.4. The lowest BCUT2D eigenvalue weighted by Crippen LogP contribution is -2.27. The molecule has 1 aliphatic rings. The molecule has 0 saturated carbocycles. The minimum Gasteiger partial charge on any atom is -0.481 e. The topological polar surface area (TPSA) is 116 Å². The molecule has 2 aromatic rings. The molecule has 1 aliphatic heterocycles. The fourth-order valence-electron chi connectivity index (χ4n) is 3.16. The Labute approximate surface area is 173 Å². The number of carboxylic acid groups (broad SMARTS) is 1. The van der Waals surface area contributed by atoms with Crippen molar-refractivity contribution in [2.75, 3.05) is 11.0 Å². The molecule has 0 unspecified atom stereocenters. The highest BCUT2D eigenvalue weighted by Crippen LogP contribution is 2.34. The molecule has 8 nitrogen and oxygen atoms in total. The summed E-state index contributed by atoms with van der Waals surface area (Å²) in [6.07, 6.45) is 0.796. The van der Waals surface area contributed by atoms with Crippen LogP contribution in [0.5, 0.6) is 0 Å². The van der Waals surface area contributed by atoms with Gasteiger partial charge in [-0.1, -0.05) is 24.3 Å². The molecule has 0 spiro atoms. The van der Waals surface area contributed by atoms with Crippen molar-refractivity contribution in [1.82, 2.24) is 5.01 Å². The van der Waals surface area contributed by atoms with Crippen LogP contribution in [-0.4, -0.2) is 42.4 Å². The smallest absolute Gasteiger partial charge is 0.303 e. The Morgan fingerprint density at radius 3 is 2.50 bits per heavy atom. The Kier molecular flexibility index (Phi) is 6.16. The van der Waals surface area contributed by atoms with Crippen LogP contribution < -0.4 is 4.72 Å². The number of carbonyl (C=O) groups is 2. The molecule has 0 saturated heterocycles. The lowest BCUT2D eigenvalue weighted by atomic mass is 9.98. The molecule has 3 rings (SSSR count). The van der Waals surface area contributed by atoms with Crippen molar-refractivity contribution in [1.29, 1.82) is 0 Å². The van der Waals surface area contributed by atoms with Gasteiger partial charge in [0.05, 0.1) is 24.4 Å². The van der Waals surface area contributed by atoms with Crippen LogP contribution in [0.3, 0.4) is 0 Å². The van der Waals surface area contributed by atoms with Gasteiger partial charge in [-0.05, 0) is 35.4 Å². The number of hydrazone groups is 1. The van der Waals surface area contributed by atoms with Crippen molar-refractivity contribution in [3.8, 4) is 0 Å². The number of benzene rings is 2. The van der Waals surface area contributed by atoms with Gasteiger partial charge < -0.3 is 5.11 Å². The summed E-state index contributed by atoms with van der Waals surface area (Å²) < 4.78 is 38.8. The highest BCUT2D eigenvalue weighted by Gasteiger charge is 2.33. The number of anilines is 1. The fourth-order valence-corrected chi connectivity index (χ4v) is 3.73. The molecule has 158 valence electrons. The summed E-state index contributed by atoms with van der Waals surface area (Å²) >= 11 is 0. The predicted octanol–water partition coefficient (Wildman–Crippen LogP) is 2.74. The summed E-state index contributed by atoms with van der Waals surface area (Å²) in [5.74, 6) is -2.02. The van der Waals surface area contributed by atoms with Crippen molar-refractivity contribution in [2.45, 2.75) is 25.3 Å². The minimum absolute atomic E-state index is 0.227. The van der Waals surface area contributed by atoms with Gasteiger partial charge >= 0.3 is 5.97 Å². The van der Waals surface area contributed by atoms with Crippen LogP contribution in [0.4, 0.5) is 10.1 Å². The van der Waals surface area contributed by atoms with Gasteiger partial charge in [-0.25, -0.2) is 17.8 Å². The van der Waals surface area contributed by atoms with E-state index in [-0.39, 0.29) is 12.8 Å². The average Bonchev–Trinajstić information content (AvgIpc) is 3.11. The van der Waals surface area contributed by atoms with Gasteiger partial charge in [0, 0.05) is 18.5 Å². The number of halogens is 1. The van der Waals surface area contributed by atoms with Crippen molar-refractivity contribution in [3.63, 3.8) is 0 Å². The van der Waals surface area contributed by atoms with E-state index >= 15 is 0 Å². The van der Waals surface area contributed by atoms with Crippen LogP contribution in [0.1, 0.15) is 36.4 Å². The Balaban J connectivity index is 1.88. The fraction of sp³-hybridized carbons (Fsp3) is 0.250. The van der Waals surface area contributed by atoms with E-state index in [2.05, 4.69) is 9.82 Å². The SMILES string of the molecule is CS(=O)(=O)Nc1ccc(C2=NN(C(=O)CCC(=O)O)[C@@H](c3cccc(F)c3)C2)cc1. The third-order valence-electron chi connectivity index (χ3n) is 4.47. The maximum Gasteiger partial charge on any atom is 0.303 e.